The Morgan fingerprint density at radius 1 is 1.28 bits per heavy atom. The molecule has 0 spiro atoms. The van der Waals surface area contributed by atoms with Crippen LogP contribution >= 0.6 is 0 Å². The van der Waals surface area contributed by atoms with Crippen LogP contribution in [0.15, 0.2) is 36.7 Å². The van der Waals surface area contributed by atoms with Crippen molar-refractivity contribution in [2.24, 2.45) is 0 Å². The van der Waals surface area contributed by atoms with Crippen molar-refractivity contribution in [1.29, 1.82) is 0 Å². The number of benzene rings is 1. The maximum Gasteiger partial charge on any atom is 0.112 e. The monoisotopic (exact) mass is 243 g/mol. The molecule has 0 fully saturated rings. The lowest BCUT2D eigenvalue weighted by atomic mass is 10.0. The molecule has 96 valence electrons. The molecule has 3 heteroatoms. The van der Waals surface area contributed by atoms with E-state index in [-0.39, 0.29) is 0 Å². The summed E-state index contributed by atoms with van der Waals surface area (Å²) in [6, 6.07) is 8.92. The van der Waals surface area contributed by atoms with Gasteiger partial charge < -0.3 is 9.88 Å². The Hall–Kier alpha value is -1.61. The minimum Gasteiger partial charge on any atom is -0.313 e. The van der Waals surface area contributed by atoms with Crippen LogP contribution in [0.1, 0.15) is 37.7 Å². The van der Waals surface area contributed by atoms with E-state index < -0.39 is 0 Å². The lowest BCUT2D eigenvalue weighted by Crippen LogP contribution is -2.17. The molecule has 2 rings (SSSR count). The van der Waals surface area contributed by atoms with Gasteiger partial charge in [-0.25, -0.2) is 4.98 Å². The molecule has 1 N–H and O–H groups in total. The third kappa shape index (κ3) is 2.31. The molecule has 0 bridgehead atoms. The van der Waals surface area contributed by atoms with Gasteiger partial charge in [-0.05, 0) is 25.1 Å². The molecule has 0 saturated heterocycles. The van der Waals surface area contributed by atoms with Crippen LogP contribution in [0.25, 0.3) is 5.69 Å². The van der Waals surface area contributed by atoms with Crippen molar-refractivity contribution >= 4 is 0 Å². The predicted molar refractivity (Wildman–Crippen MR) is 75.0 cm³/mol. The molecule has 18 heavy (non-hydrogen) atoms. The first-order valence-electron chi connectivity index (χ1n) is 6.60. The minimum atomic E-state index is 0.383. The van der Waals surface area contributed by atoms with Crippen molar-refractivity contribution < 1.29 is 0 Å². The molecule has 0 amide bonds. The molecule has 1 aromatic heterocycles. The van der Waals surface area contributed by atoms with Crippen LogP contribution in [0.5, 0.6) is 0 Å². The summed E-state index contributed by atoms with van der Waals surface area (Å²) in [7, 11) is 2.01. The fraction of sp³-hybridized carbons (Fsp3) is 0.400. The molecule has 1 heterocycles. The second kappa shape index (κ2) is 5.83. The number of imidazole rings is 1. The van der Waals surface area contributed by atoms with Gasteiger partial charge in [-0.15, -0.1) is 0 Å². The molecule has 0 aliphatic heterocycles. The van der Waals surface area contributed by atoms with Gasteiger partial charge in [0.05, 0.1) is 5.69 Å². The first-order valence-corrected chi connectivity index (χ1v) is 6.60. The molecule has 0 saturated carbocycles. The minimum absolute atomic E-state index is 0.383. The lowest BCUT2D eigenvalue weighted by molar-refractivity contribution is 0.573. The van der Waals surface area contributed by atoms with Crippen LogP contribution in [0.4, 0.5) is 0 Å². The molecule has 1 atom stereocenters. The molecule has 3 nitrogen and oxygen atoms in total. The Labute approximate surface area is 109 Å². The number of rotatable bonds is 5. The molecule has 0 aliphatic rings. The zero-order valence-electron chi connectivity index (χ0n) is 11.4. The molecular formula is C15H21N3. The van der Waals surface area contributed by atoms with Gasteiger partial charge >= 0.3 is 0 Å². The van der Waals surface area contributed by atoms with Gasteiger partial charge in [0.25, 0.3) is 0 Å². The van der Waals surface area contributed by atoms with E-state index >= 15 is 0 Å². The third-order valence-electron chi connectivity index (χ3n) is 3.36. The van der Waals surface area contributed by atoms with Gasteiger partial charge in [-0.3, -0.25) is 0 Å². The van der Waals surface area contributed by atoms with Gasteiger partial charge in [-0.2, -0.15) is 0 Å². The summed E-state index contributed by atoms with van der Waals surface area (Å²) in [5.74, 6) is 1.11. The maximum atomic E-state index is 4.41. The molecule has 0 aliphatic carbocycles. The maximum absolute atomic E-state index is 4.41. The molecule has 1 unspecified atom stereocenters. The van der Waals surface area contributed by atoms with Crippen LogP contribution in [-0.2, 0) is 6.42 Å². The fourth-order valence-electron chi connectivity index (χ4n) is 2.40. The van der Waals surface area contributed by atoms with Crippen molar-refractivity contribution in [2.45, 2.75) is 32.7 Å². The van der Waals surface area contributed by atoms with Crippen molar-refractivity contribution in [2.75, 3.05) is 7.05 Å². The van der Waals surface area contributed by atoms with E-state index in [0.29, 0.717) is 6.04 Å². The summed E-state index contributed by atoms with van der Waals surface area (Å²) in [5.41, 5.74) is 2.56. The van der Waals surface area contributed by atoms with E-state index in [2.05, 4.69) is 53.0 Å². The number of para-hydroxylation sites is 1. The summed E-state index contributed by atoms with van der Waals surface area (Å²) < 4.78 is 2.19. The average molecular weight is 243 g/mol. The zero-order valence-corrected chi connectivity index (χ0v) is 11.4. The number of nitrogens with one attached hydrogen (secondary N) is 1. The normalized spacial score (nSPS) is 12.6. The standard InChI is InChI=1S/C15H21N3/c1-4-13(16-3)12-8-6-7-9-14(12)18-11-10-17-15(18)5-2/h6-11,13,16H,4-5H2,1-3H3. The highest BCUT2D eigenvalue weighted by Crippen LogP contribution is 2.24. The predicted octanol–water partition coefficient (Wildman–Crippen LogP) is 3.11. The summed E-state index contributed by atoms with van der Waals surface area (Å²) in [4.78, 5) is 4.41. The Morgan fingerprint density at radius 3 is 2.72 bits per heavy atom. The van der Waals surface area contributed by atoms with E-state index in [1.807, 2.05) is 19.4 Å². The second-order valence-electron chi connectivity index (χ2n) is 4.38. The average Bonchev–Trinajstić information content (AvgIpc) is 2.89. The Bertz CT molecular complexity index is 498. The highest BCUT2D eigenvalue weighted by molar-refractivity contribution is 5.44. The smallest absolute Gasteiger partial charge is 0.112 e. The largest absolute Gasteiger partial charge is 0.313 e. The van der Waals surface area contributed by atoms with Crippen LogP contribution in [-0.4, -0.2) is 16.6 Å². The SMILES string of the molecule is CCc1nccn1-c1ccccc1C(CC)NC. The van der Waals surface area contributed by atoms with Gasteiger partial charge in [-0.1, -0.05) is 32.0 Å². The second-order valence-corrected chi connectivity index (χ2v) is 4.38. The molecule has 2 aromatic rings. The van der Waals surface area contributed by atoms with Crippen molar-refractivity contribution in [3.63, 3.8) is 0 Å². The first kappa shape index (κ1) is 12.8. The Morgan fingerprint density at radius 2 is 2.06 bits per heavy atom. The van der Waals surface area contributed by atoms with E-state index in [4.69, 9.17) is 0 Å². The highest BCUT2D eigenvalue weighted by atomic mass is 15.1. The van der Waals surface area contributed by atoms with Gasteiger partial charge in [0.1, 0.15) is 5.82 Å². The van der Waals surface area contributed by atoms with Crippen LogP contribution in [0.2, 0.25) is 0 Å². The number of aryl methyl sites for hydroxylation is 1. The quantitative estimate of drug-likeness (QED) is 0.874. The van der Waals surface area contributed by atoms with Crippen LogP contribution in [0.3, 0.4) is 0 Å². The Kier molecular flexibility index (Phi) is 4.15. The molecule has 1 aromatic carbocycles. The summed E-state index contributed by atoms with van der Waals surface area (Å²) in [5, 5.41) is 3.37. The highest BCUT2D eigenvalue weighted by Gasteiger charge is 2.13. The molecular weight excluding hydrogens is 222 g/mol. The summed E-state index contributed by atoms with van der Waals surface area (Å²) >= 11 is 0. The topological polar surface area (TPSA) is 29.9 Å². The van der Waals surface area contributed by atoms with E-state index in [0.717, 1.165) is 18.7 Å². The Balaban J connectivity index is 2.51. The zero-order chi connectivity index (χ0) is 13.0. The fourth-order valence-corrected chi connectivity index (χ4v) is 2.40. The van der Waals surface area contributed by atoms with Gasteiger partial charge in [0.2, 0.25) is 0 Å². The van der Waals surface area contributed by atoms with Crippen LogP contribution in [0, 0.1) is 0 Å². The van der Waals surface area contributed by atoms with Crippen molar-refractivity contribution in [1.82, 2.24) is 14.9 Å². The third-order valence-corrected chi connectivity index (χ3v) is 3.36. The summed E-state index contributed by atoms with van der Waals surface area (Å²) in [6.45, 7) is 4.34. The van der Waals surface area contributed by atoms with Gasteiger partial charge in [0.15, 0.2) is 0 Å². The van der Waals surface area contributed by atoms with Crippen LogP contribution < -0.4 is 5.32 Å². The molecule has 0 radical (unpaired) electrons. The number of hydrogen-bond acceptors (Lipinski definition) is 2. The van der Waals surface area contributed by atoms with Gasteiger partial charge in [0, 0.05) is 24.9 Å². The number of nitrogens with zero attached hydrogens (tertiary/aromatic N) is 2. The van der Waals surface area contributed by atoms with E-state index in [1.54, 1.807) is 0 Å². The van der Waals surface area contributed by atoms with Crippen molar-refractivity contribution in [3.05, 3.63) is 48.0 Å². The first-order chi connectivity index (χ1) is 8.81. The van der Waals surface area contributed by atoms with E-state index in [9.17, 15) is 0 Å². The van der Waals surface area contributed by atoms with E-state index in [1.165, 1.54) is 11.3 Å². The number of aromatic nitrogens is 2. The number of hydrogen-bond donors (Lipinski definition) is 1. The summed E-state index contributed by atoms with van der Waals surface area (Å²) in [6.07, 6.45) is 5.93. The van der Waals surface area contributed by atoms with Crippen molar-refractivity contribution in [3.8, 4) is 5.69 Å². The lowest BCUT2D eigenvalue weighted by Gasteiger charge is -2.19.